The molecule has 6 nitrogen and oxygen atoms in total. The molecule has 1 aliphatic rings. The van der Waals surface area contributed by atoms with Crippen LogP contribution >= 0.6 is 0 Å². The second-order valence-electron chi connectivity index (χ2n) is 6.97. The number of nitrogens with zero attached hydrogens (tertiary/aromatic N) is 3. The lowest BCUT2D eigenvalue weighted by molar-refractivity contribution is 0.174. The van der Waals surface area contributed by atoms with E-state index in [9.17, 15) is 10.5 Å². The Morgan fingerprint density at radius 3 is 2.55 bits per heavy atom. The number of aromatic nitrogens is 1. The first-order chi connectivity index (χ1) is 13.9. The number of nitriles is 2. The largest absolute Gasteiger partial charge is 0.454 e. The smallest absolute Gasteiger partial charge is 0.231 e. The third-order valence-electron chi connectivity index (χ3n) is 5.26. The van der Waals surface area contributed by atoms with Gasteiger partial charge >= 0.3 is 0 Å². The maximum absolute atomic E-state index is 9.74. The van der Waals surface area contributed by atoms with Gasteiger partial charge in [-0.2, -0.15) is 10.5 Å². The molecule has 3 heterocycles. The molecule has 1 aliphatic heterocycles. The van der Waals surface area contributed by atoms with Crippen molar-refractivity contribution in [2.75, 3.05) is 6.79 Å². The molecule has 0 saturated carbocycles. The molecular weight excluding hydrogens is 366 g/mol. The monoisotopic (exact) mass is 385 g/mol. The standard InChI is InChI=1S/C23H19N3O3/c1-13-7-18(15(3)26(13)23-20(11-25)14(2)16(4)29-23)8-19(10-24)17-5-6-21-22(9-17)28-12-27-21/h5-9H,12H2,1-4H3. The van der Waals surface area contributed by atoms with E-state index in [0.717, 1.165) is 33.8 Å². The van der Waals surface area contributed by atoms with Crippen molar-refractivity contribution in [3.8, 4) is 29.5 Å². The first-order valence-corrected chi connectivity index (χ1v) is 9.15. The van der Waals surface area contributed by atoms with Gasteiger partial charge in [0.2, 0.25) is 12.7 Å². The number of allylic oxidation sites excluding steroid dienone is 1. The van der Waals surface area contributed by atoms with Crippen LogP contribution in [0.5, 0.6) is 11.5 Å². The molecule has 0 aliphatic carbocycles. The van der Waals surface area contributed by atoms with Crippen LogP contribution < -0.4 is 9.47 Å². The predicted octanol–water partition coefficient (Wildman–Crippen LogP) is 4.97. The van der Waals surface area contributed by atoms with Gasteiger partial charge in [0.25, 0.3) is 0 Å². The van der Waals surface area contributed by atoms with Crippen molar-refractivity contribution >= 4 is 11.6 Å². The van der Waals surface area contributed by atoms with Crippen molar-refractivity contribution in [2.24, 2.45) is 0 Å². The van der Waals surface area contributed by atoms with Crippen LogP contribution in [-0.2, 0) is 0 Å². The second kappa shape index (κ2) is 6.92. The van der Waals surface area contributed by atoms with Gasteiger partial charge in [-0.3, -0.25) is 4.57 Å². The Hall–Kier alpha value is -3.90. The lowest BCUT2D eigenvalue weighted by atomic mass is 10.0. The van der Waals surface area contributed by atoms with E-state index in [-0.39, 0.29) is 6.79 Å². The van der Waals surface area contributed by atoms with Crippen LogP contribution in [0.4, 0.5) is 0 Å². The topological polar surface area (TPSA) is 84.1 Å². The lowest BCUT2D eigenvalue weighted by Gasteiger charge is -2.07. The molecule has 0 amide bonds. The third-order valence-corrected chi connectivity index (χ3v) is 5.26. The van der Waals surface area contributed by atoms with E-state index in [0.29, 0.717) is 28.5 Å². The van der Waals surface area contributed by atoms with E-state index in [4.69, 9.17) is 13.9 Å². The van der Waals surface area contributed by atoms with E-state index < -0.39 is 0 Å². The lowest BCUT2D eigenvalue weighted by Crippen LogP contribution is -2.00. The molecule has 0 fully saturated rings. The fourth-order valence-electron chi connectivity index (χ4n) is 3.54. The van der Waals surface area contributed by atoms with Crippen LogP contribution in [0.2, 0.25) is 0 Å². The van der Waals surface area contributed by atoms with Gasteiger partial charge in [0.1, 0.15) is 17.4 Å². The number of aryl methyl sites for hydroxylation is 2. The Labute approximate surface area is 168 Å². The van der Waals surface area contributed by atoms with Gasteiger partial charge < -0.3 is 13.9 Å². The zero-order chi connectivity index (χ0) is 20.7. The third kappa shape index (κ3) is 2.96. The Bertz CT molecular complexity index is 1250. The van der Waals surface area contributed by atoms with Crippen molar-refractivity contribution in [1.82, 2.24) is 4.57 Å². The second-order valence-corrected chi connectivity index (χ2v) is 6.97. The van der Waals surface area contributed by atoms with Crippen LogP contribution in [0.25, 0.3) is 17.5 Å². The molecule has 0 saturated heterocycles. The van der Waals surface area contributed by atoms with E-state index in [1.807, 2.05) is 56.5 Å². The highest BCUT2D eigenvalue weighted by Gasteiger charge is 2.21. The highest BCUT2D eigenvalue weighted by molar-refractivity contribution is 5.90. The fourth-order valence-corrected chi connectivity index (χ4v) is 3.54. The molecular formula is C23H19N3O3. The normalized spacial score (nSPS) is 12.7. The van der Waals surface area contributed by atoms with Crippen molar-refractivity contribution in [1.29, 1.82) is 10.5 Å². The Morgan fingerprint density at radius 2 is 1.83 bits per heavy atom. The molecule has 4 rings (SSSR count). The van der Waals surface area contributed by atoms with Crippen LogP contribution in [-0.4, -0.2) is 11.4 Å². The SMILES string of the molecule is Cc1oc(-n2c(C)cc(C=C(C#N)c3ccc4c(c3)OCO4)c2C)c(C#N)c1C. The number of ether oxygens (including phenoxy) is 2. The Morgan fingerprint density at radius 1 is 1.07 bits per heavy atom. The van der Waals surface area contributed by atoms with E-state index >= 15 is 0 Å². The minimum absolute atomic E-state index is 0.189. The minimum Gasteiger partial charge on any atom is -0.454 e. The highest BCUT2D eigenvalue weighted by Crippen LogP contribution is 2.35. The summed E-state index contributed by atoms with van der Waals surface area (Å²) in [6, 6.07) is 11.9. The predicted molar refractivity (Wildman–Crippen MR) is 108 cm³/mol. The minimum atomic E-state index is 0.189. The highest BCUT2D eigenvalue weighted by atomic mass is 16.7. The van der Waals surface area contributed by atoms with Crippen molar-refractivity contribution < 1.29 is 13.9 Å². The summed E-state index contributed by atoms with van der Waals surface area (Å²) < 4.78 is 18.6. The van der Waals surface area contributed by atoms with Gasteiger partial charge in [-0.05, 0) is 69.2 Å². The molecule has 29 heavy (non-hydrogen) atoms. The summed E-state index contributed by atoms with van der Waals surface area (Å²) in [6.45, 7) is 7.81. The number of rotatable bonds is 3. The molecule has 2 aromatic heterocycles. The van der Waals surface area contributed by atoms with Crippen LogP contribution in [0.1, 0.15) is 39.4 Å². The molecule has 144 valence electrons. The summed E-state index contributed by atoms with van der Waals surface area (Å²) in [4.78, 5) is 0. The molecule has 0 N–H and O–H groups in total. The molecule has 0 unspecified atom stereocenters. The van der Waals surface area contributed by atoms with Crippen LogP contribution in [0.15, 0.2) is 28.7 Å². The number of hydrogen-bond donors (Lipinski definition) is 0. The summed E-state index contributed by atoms with van der Waals surface area (Å²) in [7, 11) is 0. The first-order valence-electron chi connectivity index (χ1n) is 9.15. The number of hydrogen-bond acceptors (Lipinski definition) is 5. The maximum atomic E-state index is 9.74. The number of fused-ring (bicyclic) bond motifs is 1. The van der Waals surface area contributed by atoms with E-state index in [1.54, 1.807) is 6.07 Å². The molecule has 0 spiro atoms. The van der Waals surface area contributed by atoms with E-state index in [2.05, 4.69) is 12.1 Å². The average molecular weight is 385 g/mol. The maximum Gasteiger partial charge on any atom is 0.231 e. The Kier molecular flexibility index (Phi) is 4.41. The molecule has 6 heteroatoms. The van der Waals surface area contributed by atoms with Gasteiger partial charge in [-0.1, -0.05) is 0 Å². The fraction of sp³-hybridized carbons (Fsp3) is 0.217. The zero-order valence-corrected chi connectivity index (χ0v) is 16.7. The molecule has 0 radical (unpaired) electrons. The quantitative estimate of drug-likeness (QED) is 0.595. The molecule has 0 atom stereocenters. The van der Waals surface area contributed by atoms with Crippen LogP contribution in [0, 0.1) is 50.4 Å². The summed E-state index contributed by atoms with van der Waals surface area (Å²) in [6.07, 6.45) is 1.84. The summed E-state index contributed by atoms with van der Waals surface area (Å²) in [5.41, 5.74) is 5.32. The van der Waals surface area contributed by atoms with Gasteiger partial charge in [0.05, 0.1) is 11.6 Å². The van der Waals surface area contributed by atoms with Crippen molar-refractivity contribution in [3.63, 3.8) is 0 Å². The average Bonchev–Trinajstić information content (AvgIpc) is 3.36. The molecule has 3 aromatic rings. The van der Waals surface area contributed by atoms with E-state index in [1.165, 1.54) is 0 Å². The van der Waals surface area contributed by atoms with Crippen molar-refractivity contribution in [2.45, 2.75) is 27.7 Å². The van der Waals surface area contributed by atoms with Crippen LogP contribution in [0.3, 0.4) is 0 Å². The number of benzene rings is 1. The Balaban J connectivity index is 1.81. The summed E-state index contributed by atoms with van der Waals surface area (Å²) in [5.74, 6) is 2.55. The van der Waals surface area contributed by atoms with Crippen molar-refractivity contribution in [3.05, 3.63) is 63.7 Å². The molecule has 1 aromatic carbocycles. The first kappa shape index (κ1) is 18.5. The number of furan rings is 1. The van der Waals surface area contributed by atoms with Gasteiger partial charge in [-0.25, -0.2) is 0 Å². The summed E-state index contributed by atoms with van der Waals surface area (Å²) >= 11 is 0. The van der Waals surface area contributed by atoms with Gasteiger partial charge in [-0.15, -0.1) is 0 Å². The van der Waals surface area contributed by atoms with Gasteiger partial charge in [0, 0.05) is 17.0 Å². The zero-order valence-electron chi connectivity index (χ0n) is 16.7. The van der Waals surface area contributed by atoms with Gasteiger partial charge in [0.15, 0.2) is 11.5 Å². The molecule has 0 bridgehead atoms. The summed E-state index contributed by atoms with van der Waals surface area (Å²) in [5, 5.41) is 19.3.